The second-order valence-electron chi connectivity index (χ2n) is 8.40. The van der Waals surface area contributed by atoms with Gasteiger partial charge in [0.15, 0.2) is 16.5 Å². The van der Waals surface area contributed by atoms with E-state index in [1.165, 1.54) is 24.5 Å². The second kappa shape index (κ2) is 9.40. The molecule has 0 saturated carbocycles. The van der Waals surface area contributed by atoms with Crippen molar-refractivity contribution in [3.63, 3.8) is 0 Å². The Hall–Kier alpha value is -3.69. The lowest BCUT2D eigenvalue weighted by atomic mass is 10.1. The third-order valence-electron chi connectivity index (χ3n) is 5.96. The summed E-state index contributed by atoms with van der Waals surface area (Å²) in [5.74, 6) is -0.0293. The quantitative estimate of drug-likeness (QED) is 0.308. The molecule has 5 rings (SSSR count). The van der Waals surface area contributed by atoms with Gasteiger partial charge in [0.1, 0.15) is 6.61 Å². The van der Waals surface area contributed by atoms with Crippen LogP contribution >= 0.6 is 27.3 Å². The van der Waals surface area contributed by atoms with Crippen LogP contribution in [0.1, 0.15) is 32.6 Å². The lowest BCUT2D eigenvalue weighted by molar-refractivity contribution is 0.0696. The first-order chi connectivity index (χ1) is 17.2. The van der Waals surface area contributed by atoms with Gasteiger partial charge in [0, 0.05) is 0 Å². The number of rotatable bonds is 6. The fourth-order valence-electron chi connectivity index (χ4n) is 3.98. The van der Waals surface area contributed by atoms with Gasteiger partial charge in [-0.3, -0.25) is 4.79 Å². The van der Waals surface area contributed by atoms with Crippen molar-refractivity contribution in [2.24, 2.45) is 0 Å². The van der Waals surface area contributed by atoms with E-state index < -0.39 is 5.97 Å². The molecule has 2 aromatic heterocycles. The third kappa shape index (κ3) is 4.36. The summed E-state index contributed by atoms with van der Waals surface area (Å²) in [6, 6.07) is 14.2. The van der Waals surface area contributed by atoms with Gasteiger partial charge in [0.2, 0.25) is 0 Å². The largest absolute Gasteiger partial charge is 0.493 e. The molecule has 0 aliphatic carbocycles. The predicted molar refractivity (Wildman–Crippen MR) is 144 cm³/mol. The Kier molecular flexibility index (Phi) is 6.27. The van der Waals surface area contributed by atoms with Crippen molar-refractivity contribution in [1.29, 1.82) is 0 Å². The van der Waals surface area contributed by atoms with Gasteiger partial charge in [-0.25, -0.2) is 14.2 Å². The van der Waals surface area contributed by atoms with Crippen LogP contribution in [0.25, 0.3) is 22.1 Å². The normalized spacial score (nSPS) is 11.9. The standard InChI is InChI=1S/C27H21BrN2O5S/c1-14-7-20-21(8-15(14)2)30-25(31)23(36-27(30)29-20)12-17-10-19(28)24(22(11-17)34-3)35-13-16-5-4-6-18(9-16)26(32)33/h4-12H,13H2,1-3H3,(H,32,33)/b23-12-. The van der Waals surface area contributed by atoms with Gasteiger partial charge >= 0.3 is 5.97 Å². The van der Waals surface area contributed by atoms with Crippen LogP contribution in [0.2, 0.25) is 0 Å². The van der Waals surface area contributed by atoms with E-state index in [0.717, 1.165) is 33.3 Å². The third-order valence-corrected chi connectivity index (χ3v) is 7.52. The number of carboxylic acids is 1. The van der Waals surface area contributed by atoms with E-state index in [2.05, 4.69) is 20.9 Å². The monoisotopic (exact) mass is 564 g/mol. The van der Waals surface area contributed by atoms with Gasteiger partial charge in [0.25, 0.3) is 5.56 Å². The first-order valence-electron chi connectivity index (χ1n) is 11.0. The smallest absolute Gasteiger partial charge is 0.335 e. The van der Waals surface area contributed by atoms with Gasteiger partial charge < -0.3 is 14.6 Å². The molecule has 5 aromatic rings. The van der Waals surface area contributed by atoms with E-state index in [1.54, 1.807) is 28.7 Å². The number of nitrogens with zero attached hydrogens (tertiary/aromatic N) is 2. The van der Waals surface area contributed by atoms with Crippen LogP contribution in [0, 0.1) is 13.8 Å². The summed E-state index contributed by atoms with van der Waals surface area (Å²) in [4.78, 5) is 29.8. The Morgan fingerprint density at radius 2 is 1.94 bits per heavy atom. The van der Waals surface area contributed by atoms with E-state index in [1.807, 2.05) is 38.1 Å². The number of benzene rings is 3. The zero-order valence-corrected chi connectivity index (χ0v) is 22.1. The van der Waals surface area contributed by atoms with Gasteiger partial charge in [-0.1, -0.05) is 23.5 Å². The lowest BCUT2D eigenvalue weighted by Gasteiger charge is -2.14. The minimum Gasteiger partial charge on any atom is -0.493 e. The molecule has 2 heterocycles. The van der Waals surface area contributed by atoms with Crippen molar-refractivity contribution in [1.82, 2.24) is 9.38 Å². The molecule has 0 amide bonds. The summed E-state index contributed by atoms with van der Waals surface area (Å²) in [6.07, 6.45) is 1.81. The minimum atomic E-state index is -0.993. The van der Waals surface area contributed by atoms with E-state index >= 15 is 0 Å². The summed E-state index contributed by atoms with van der Waals surface area (Å²) in [6.45, 7) is 4.22. The van der Waals surface area contributed by atoms with Crippen molar-refractivity contribution in [3.05, 3.63) is 95.7 Å². The first-order valence-corrected chi connectivity index (χ1v) is 12.6. The van der Waals surface area contributed by atoms with E-state index in [-0.39, 0.29) is 17.7 Å². The van der Waals surface area contributed by atoms with E-state index in [4.69, 9.17) is 9.47 Å². The number of hydrogen-bond donors (Lipinski definition) is 1. The maximum absolute atomic E-state index is 13.2. The van der Waals surface area contributed by atoms with Gasteiger partial charge in [-0.05, 0) is 94.5 Å². The molecule has 0 spiro atoms. The molecule has 0 bridgehead atoms. The molecule has 36 heavy (non-hydrogen) atoms. The Morgan fingerprint density at radius 1 is 1.17 bits per heavy atom. The minimum absolute atomic E-state index is 0.116. The maximum Gasteiger partial charge on any atom is 0.335 e. The molecule has 1 N–H and O–H groups in total. The zero-order chi connectivity index (χ0) is 25.6. The summed E-state index contributed by atoms with van der Waals surface area (Å²) >= 11 is 4.88. The Bertz CT molecular complexity index is 1770. The molecule has 0 atom stereocenters. The molecule has 182 valence electrons. The maximum atomic E-state index is 13.2. The molecule has 0 aliphatic heterocycles. The molecular weight excluding hydrogens is 544 g/mol. The number of carbonyl (C=O) groups is 1. The number of carboxylic acid groups (broad SMARTS) is 1. The number of halogens is 1. The number of aryl methyl sites for hydroxylation is 2. The number of methoxy groups -OCH3 is 1. The van der Waals surface area contributed by atoms with Crippen molar-refractivity contribution in [2.75, 3.05) is 7.11 Å². The summed E-state index contributed by atoms with van der Waals surface area (Å²) < 4.78 is 14.4. The van der Waals surface area contributed by atoms with Gasteiger partial charge in [-0.2, -0.15) is 0 Å². The van der Waals surface area contributed by atoms with Crippen LogP contribution in [-0.2, 0) is 6.61 Å². The van der Waals surface area contributed by atoms with Crippen molar-refractivity contribution < 1.29 is 19.4 Å². The highest BCUT2D eigenvalue weighted by Crippen LogP contribution is 2.37. The summed E-state index contributed by atoms with van der Waals surface area (Å²) in [5, 5.41) is 9.20. The van der Waals surface area contributed by atoms with Crippen LogP contribution in [0.4, 0.5) is 0 Å². The average molecular weight is 565 g/mol. The molecule has 7 nitrogen and oxygen atoms in total. The van der Waals surface area contributed by atoms with Gasteiger partial charge in [0.05, 0.1) is 32.7 Å². The van der Waals surface area contributed by atoms with Crippen LogP contribution in [0.15, 0.2) is 57.8 Å². The number of aromatic nitrogens is 2. The molecule has 0 unspecified atom stereocenters. The Balaban J connectivity index is 1.50. The lowest BCUT2D eigenvalue weighted by Crippen LogP contribution is -2.22. The fourth-order valence-corrected chi connectivity index (χ4v) is 5.54. The predicted octanol–water partition coefficient (Wildman–Crippen LogP) is 5.12. The number of fused-ring (bicyclic) bond motifs is 3. The topological polar surface area (TPSA) is 90.1 Å². The molecule has 0 fully saturated rings. The van der Waals surface area contributed by atoms with E-state index in [0.29, 0.717) is 25.5 Å². The molecule has 0 aliphatic rings. The number of imidazole rings is 1. The van der Waals surface area contributed by atoms with Crippen LogP contribution in [0.5, 0.6) is 11.5 Å². The summed E-state index contributed by atoms with van der Waals surface area (Å²) in [5.41, 5.74) is 5.43. The van der Waals surface area contributed by atoms with Crippen LogP contribution in [0.3, 0.4) is 0 Å². The molecule has 0 saturated heterocycles. The zero-order valence-electron chi connectivity index (χ0n) is 19.7. The highest BCUT2D eigenvalue weighted by molar-refractivity contribution is 9.10. The number of hydrogen-bond acceptors (Lipinski definition) is 6. The molecule has 3 aromatic carbocycles. The molecule has 0 radical (unpaired) electrons. The first kappa shape index (κ1) is 24.0. The molecular formula is C27H21BrN2O5S. The highest BCUT2D eigenvalue weighted by atomic mass is 79.9. The van der Waals surface area contributed by atoms with Crippen molar-refractivity contribution in [2.45, 2.75) is 20.5 Å². The fraction of sp³-hybridized carbons (Fsp3) is 0.148. The van der Waals surface area contributed by atoms with Crippen LogP contribution < -0.4 is 19.6 Å². The van der Waals surface area contributed by atoms with Gasteiger partial charge in [-0.15, -0.1) is 0 Å². The Morgan fingerprint density at radius 3 is 2.69 bits per heavy atom. The number of thiazole rings is 1. The summed E-state index contributed by atoms with van der Waals surface area (Å²) in [7, 11) is 1.54. The Labute approximate surface area is 218 Å². The van der Waals surface area contributed by atoms with Crippen molar-refractivity contribution >= 4 is 55.3 Å². The number of aromatic carboxylic acids is 1. The van der Waals surface area contributed by atoms with Crippen LogP contribution in [-0.4, -0.2) is 27.6 Å². The highest BCUT2D eigenvalue weighted by Gasteiger charge is 2.15. The second-order valence-corrected chi connectivity index (χ2v) is 10.3. The number of ether oxygens (including phenoxy) is 2. The van der Waals surface area contributed by atoms with Crippen molar-refractivity contribution in [3.8, 4) is 11.5 Å². The average Bonchev–Trinajstić information content (AvgIpc) is 3.33. The SMILES string of the molecule is COc1cc(/C=c2\sc3nc4cc(C)c(C)cc4n3c2=O)cc(Br)c1OCc1cccc(C(=O)O)c1. The molecule has 9 heteroatoms. The van der Waals surface area contributed by atoms with E-state index in [9.17, 15) is 14.7 Å².